The van der Waals surface area contributed by atoms with Crippen LogP contribution >= 0.6 is 0 Å². The summed E-state index contributed by atoms with van der Waals surface area (Å²) >= 11 is 0. The molecule has 0 radical (unpaired) electrons. The van der Waals surface area contributed by atoms with E-state index >= 15 is 0 Å². The molecule has 0 bridgehead atoms. The van der Waals surface area contributed by atoms with E-state index in [-0.39, 0.29) is 24.7 Å². The minimum absolute atomic E-state index is 0.181. The second kappa shape index (κ2) is 7.19. The molecule has 0 aliphatic carbocycles. The lowest BCUT2D eigenvalue weighted by atomic mass is 10.2. The first-order valence-corrected chi connectivity index (χ1v) is 6.67. The van der Waals surface area contributed by atoms with Crippen molar-refractivity contribution in [3.05, 3.63) is 54.1 Å². The SMILES string of the molecule is NC(=O)CCOc1ccccc1NCc1cccc(O)c1. The third kappa shape index (κ3) is 4.72. The maximum absolute atomic E-state index is 10.7. The normalized spacial score (nSPS) is 10.1. The number of primary amides is 1. The lowest BCUT2D eigenvalue weighted by Crippen LogP contribution is -2.15. The molecule has 0 aliphatic rings. The minimum Gasteiger partial charge on any atom is -0.508 e. The summed E-state index contributed by atoms with van der Waals surface area (Å²) in [6.07, 6.45) is 0.181. The smallest absolute Gasteiger partial charge is 0.220 e. The highest BCUT2D eigenvalue weighted by atomic mass is 16.5. The molecule has 0 aromatic heterocycles. The molecule has 110 valence electrons. The number of anilines is 1. The second-order valence-electron chi connectivity index (χ2n) is 4.58. The summed E-state index contributed by atoms with van der Waals surface area (Å²) in [5.41, 5.74) is 6.87. The average Bonchev–Trinajstić information content (AvgIpc) is 2.46. The summed E-state index contributed by atoms with van der Waals surface area (Å²) in [6.45, 7) is 0.810. The fraction of sp³-hybridized carbons (Fsp3) is 0.188. The van der Waals surface area contributed by atoms with Crippen molar-refractivity contribution >= 4 is 11.6 Å². The minimum atomic E-state index is -0.389. The third-order valence-electron chi connectivity index (χ3n) is 2.89. The van der Waals surface area contributed by atoms with Crippen molar-refractivity contribution in [2.24, 2.45) is 5.73 Å². The van der Waals surface area contributed by atoms with Gasteiger partial charge in [0, 0.05) is 6.54 Å². The predicted octanol–water partition coefficient (Wildman–Crippen LogP) is 2.26. The Morgan fingerprint density at radius 3 is 2.76 bits per heavy atom. The molecule has 0 heterocycles. The van der Waals surface area contributed by atoms with Gasteiger partial charge in [0.25, 0.3) is 0 Å². The van der Waals surface area contributed by atoms with Gasteiger partial charge in [0.1, 0.15) is 11.5 Å². The molecule has 21 heavy (non-hydrogen) atoms. The maximum Gasteiger partial charge on any atom is 0.220 e. The molecule has 4 N–H and O–H groups in total. The number of nitrogens with two attached hydrogens (primary N) is 1. The molecular weight excluding hydrogens is 268 g/mol. The van der Waals surface area contributed by atoms with Gasteiger partial charge in [0.05, 0.1) is 18.7 Å². The number of carbonyl (C=O) groups is 1. The van der Waals surface area contributed by atoms with Crippen LogP contribution in [0.3, 0.4) is 0 Å². The number of rotatable bonds is 7. The van der Waals surface area contributed by atoms with Crippen LogP contribution in [0.4, 0.5) is 5.69 Å². The van der Waals surface area contributed by atoms with Gasteiger partial charge in [-0.05, 0) is 29.8 Å². The van der Waals surface area contributed by atoms with E-state index in [4.69, 9.17) is 10.5 Å². The van der Waals surface area contributed by atoms with Crippen molar-refractivity contribution < 1.29 is 14.6 Å². The Morgan fingerprint density at radius 1 is 1.19 bits per heavy atom. The van der Waals surface area contributed by atoms with Crippen LogP contribution in [0.15, 0.2) is 48.5 Å². The highest BCUT2D eigenvalue weighted by Gasteiger charge is 2.04. The van der Waals surface area contributed by atoms with E-state index in [2.05, 4.69) is 5.32 Å². The van der Waals surface area contributed by atoms with Crippen molar-refractivity contribution in [3.63, 3.8) is 0 Å². The number of amides is 1. The van der Waals surface area contributed by atoms with E-state index in [0.29, 0.717) is 12.3 Å². The van der Waals surface area contributed by atoms with Crippen molar-refractivity contribution in [2.75, 3.05) is 11.9 Å². The number of phenolic OH excluding ortho intramolecular Hbond substituents is 1. The van der Waals surface area contributed by atoms with Crippen molar-refractivity contribution in [1.82, 2.24) is 0 Å². The van der Waals surface area contributed by atoms with Crippen molar-refractivity contribution in [2.45, 2.75) is 13.0 Å². The average molecular weight is 286 g/mol. The zero-order valence-corrected chi connectivity index (χ0v) is 11.6. The van der Waals surface area contributed by atoms with Gasteiger partial charge in [-0.15, -0.1) is 0 Å². The van der Waals surface area contributed by atoms with E-state index in [1.807, 2.05) is 30.3 Å². The summed E-state index contributed by atoms with van der Waals surface area (Å²) in [5.74, 6) is 0.513. The molecule has 0 spiro atoms. The first-order valence-electron chi connectivity index (χ1n) is 6.67. The number of para-hydroxylation sites is 2. The summed E-state index contributed by atoms with van der Waals surface area (Å²) in [7, 11) is 0. The lowest BCUT2D eigenvalue weighted by Gasteiger charge is -2.13. The standard InChI is InChI=1S/C16H18N2O3/c17-16(20)8-9-21-15-7-2-1-6-14(15)18-11-12-4-3-5-13(19)10-12/h1-7,10,18-19H,8-9,11H2,(H2,17,20). The molecule has 0 saturated carbocycles. The van der Waals surface area contributed by atoms with Gasteiger partial charge in [-0.1, -0.05) is 24.3 Å². The Kier molecular flexibility index (Phi) is 5.04. The monoisotopic (exact) mass is 286 g/mol. The highest BCUT2D eigenvalue weighted by molar-refractivity contribution is 5.73. The number of nitrogens with one attached hydrogen (secondary N) is 1. The number of ether oxygens (including phenoxy) is 1. The van der Waals surface area contributed by atoms with E-state index in [9.17, 15) is 9.90 Å². The Hall–Kier alpha value is -2.69. The molecule has 1 amide bonds. The number of hydrogen-bond donors (Lipinski definition) is 3. The van der Waals surface area contributed by atoms with Crippen molar-refractivity contribution in [3.8, 4) is 11.5 Å². The molecule has 5 heteroatoms. The molecule has 0 atom stereocenters. The van der Waals surface area contributed by atoms with Crippen molar-refractivity contribution in [1.29, 1.82) is 0 Å². The molecule has 0 fully saturated rings. The van der Waals surface area contributed by atoms with Gasteiger partial charge in [-0.25, -0.2) is 0 Å². The largest absolute Gasteiger partial charge is 0.508 e. The molecule has 2 rings (SSSR count). The van der Waals surface area contributed by atoms with E-state index in [1.54, 1.807) is 18.2 Å². The van der Waals surface area contributed by atoms with Crippen LogP contribution in [-0.2, 0) is 11.3 Å². The highest BCUT2D eigenvalue weighted by Crippen LogP contribution is 2.24. The molecule has 0 unspecified atom stereocenters. The zero-order valence-electron chi connectivity index (χ0n) is 11.6. The van der Waals surface area contributed by atoms with Gasteiger partial charge in [-0.3, -0.25) is 4.79 Å². The Balaban J connectivity index is 1.97. The first-order chi connectivity index (χ1) is 10.1. The fourth-order valence-corrected chi connectivity index (χ4v) is 1.86. The van der Waals surface area contributed by atoms with Gasteiger partial charge in [0.15, 0.2) is 0 Å². The van der Waals surface area contributed by atoms with Gasteiger partial charge >= 0.3 is 0 Å². The molecule has 2 aromatic carbocycles. The van der Waals surface area contributed by atoms with Gasteiger partial charge < -0.3 is 20.9 Å². The molecule has 0 aliphatic heterocycles. The first kappa shape index (κ1) is 14.7. The van der Waals surface area contributed by atoms with Crippen LogP contribution in [0.5, 0.6) is 11.5 Å². The van der Waals surface area contributed by atoms with Crippen LogP contribution < -0.4 is 15.8 Å². The van der Waals surface area contributed by atoms with Crippen LogP contribution in [0.2, 0.25) is 0 Å². The van der Waals surface area contributed by atoms with E-state index in [1.165, 1.54) is 0 Å². The van der Waals surface area contributed by atoms with Crippen LogP contribution in [0.25, 0.3) is 0 Å². The number of benzene rings is 2. The molecule has 2 aromatic rings. The predicted molar refractivity (Wildman–Crippen MR) is 81.2 cm³/mol. The zero-order chi connectivity index (χ0) is 15.1. The van der Waals surface area contributed by atoms with Crippen LogP contribution in [0, 0.1) is 0 Å². The third-order valence-corrected chi connectivity index (χ3v) is 2.89. The second-order valence-corrected chi connectivity index (χ2v) is 4.58. The number of phenols is 1. The van der Waals surface area contributed by atoms with E-state index < -0.39 is 0 Å². The Morgan fingerprint density at radius 2 is 2.00 bits per heavy atom. The van der Waals surface area contributed by atoms with Crippen LogP contribution in [0.1, 0.15) is 12.0 Å². The molecule has 0 saturated heterocycles. The number of carbonyl (C=O) groups excluding carboxylic acids is 1. The lowest BCUT2D eigenvalue weighted by molar-refractivity contribution is -0.118. The van der Waals surface area contributed by atoms with Gasteiger partial charge in [0.2, 0.25) is 5.91 Å². The Labute approximate surface area is 123 Å². The number of aromatic hydroxyl groups is 1. The summed E-state index contributed by atoms with van der Waals surface area (Å²) in [6, 6.07) is 14.5. The summed E-state index contributed by atoms with van der Waals surface area (Å²) < 4.78 is 5.55. The quantitative estimate of drug-likeness (QED) is 0.729. The maximum atomic E-state index is 10.7. The summed E-state index contributed by atoms with van der Waals surface area (Å²) in [4.78, 5) is 10.7. The molecule has 5 nitrogen and oxygen atoms in total. The molecular formula is C16H18N2O3. The van der Waals surface area contributed by atoms with Gasteiger partial charge in [-0.2, -0.15) is 0 Å². The Bertz CT molecular complexity index is 614. The van der Waals surface area contributed by atoms with E-state index in [0.717, 1.165) is 11.3 Å². The fourth-order valence-electron chi connectivity index (χ4n) is 1.86. The summed E-state index contributed by atoms with van der Waals surface area (Å²) in [5, 5.41) is 12.7. The topological polar surface area (TPSA) is 84.6 Å². The van der Waals surface area contributed by atoms with Crippen LogP contribution in [-0.4, -0.2) is 17.6 Å². The number of hydrogen-bond acceptors (Lipinski definition) is 4.